The Morgan fingerprint density at radius 2 is 1.57 bits per heavy atom. The van der Waals surface area contributed by atoms with Gasteiger partial charge in [0.15, 0.2) is 0 Å². The van der Waals surface area contributed by atoms with Gasteiger partial charge in [-0.3, -0.25) is 14.5 Å². The monoisotopic (exact) mass is 399 g/mol. The van der Waals surface area contributed by atoms with Gasteiger partial charge in [0.05, 0.1) is 11.4 Å². The molecular formula is C22H29N3O2S. The lowest BCUT2D eigenvalue weighted by atomic mass is 10.1. The first-order chi connectivity index (χ1) is 13.6. The van der Waals surface area contributed by atoms with E-state index in [1.165, 1.54) is 22.9 Å². The molecule has 2 fully saturated rings. The molecule has 6 heteroatoms. The second-order valence-corrected chi connectivity index (χ2v) is 8.97. The predicted octanol–water partition coefficient (Wildman–Crippen LogP) is 3.37. The lowest BCUT2D eigenvalue weighted by Gasteiger charge is -2.35. The molecule has 0 N–H and O–H groups in total. The highest BCUT2D eigenvalue weighted by Crippen LogP contribution is 2.31. The van der Waals surface area contributed by atoms with Gasteiger partial charge >= 0.3 is 0 Å². The SMILES string of the molecule is Cc1c(C(=O)N2CCN(CC(=O)N3CCCCCC3)CC2)sc2ccccc12. The second kappa shape index (κ2) is 8.62. The molecule has 4 rings (SSSR count). The molecule has 1 aromatic heterocycles. The van der Waals surface area contributed by atoms with Gasteiger partial charge in [-0.25, -0.2) is 0 Å². The fraction of sp³-hybridized carbons (Fsp3) is 0.545. The molecule has 2 aliphatic rings. The number of hydrogen-bond acceptors (Lipinski definition) is 4. The lowest BCUT2D eigenvalue weighted by molar-refractivity contribution is -0.132. The van der Waals surface area contributed by atoms with E-state index in [0.29, 0.717) is 19.6 Å². The quantitative estimate of drug-likeness (QED) is 0.795. The minimum Gasteiger partial charge on any atom is -0.342 e. The topological polar surface area (TPSA) is 43.9 Å². The Balaban J connectivity index is 1.33. The number of carbonyl (C=O) groups excluding carboxylic acids is 2. The molecule has 1 aromatic carbocycles. The van der Waals surface area contributed by atoms with Gasteiger partial charge in [0.1, 0.15) is 0 Å². The standard InChI is InChI=1S/C22H29N3O2S/c1-17-18-8-4-5-9-19(18)28-21(17)22(27)25-14-12-23(13-15-25)16-20(26)24-10-6-2-3-7-11-24/h4-5,8-9H,2-3,6-7,10-16H2,1H3. The highest BCUT2D eigenvalue weighted by molar-refractivity contribution is 7.21. The second-order valence-electron chi connectivity index (χ2n) is 7.92. The van der Waals surface area contributed by atoms with Gasteiger partial charge < -0.3 is 9.80 Å². The largest absolute Gasteiger partial charge is 0.342 e. The Morgan fingerprint density at radius 3 is 2.25 bits per heavy atom. The number of likely N-dealkylation sites (tertiary alicyclic amines) is 1. The zero-order valence-electron chi connectivity index (χ0n) is 16.7. The number of thiophene rings is 1. The fourth-order valence-corrected chi connectivity index (χ4v) is 5.42. The number of hydrogen-bond donors (Lipinski definition) is 0. The summed E-state index contributed by atoms with van der Waals surface area (Å²) in [6.07, 6.45) is 4.73. The van der Waals surface area contributed by atoms with Crippen LogP contribution in [0.2, 0.25) is 0 Å². The number of nitrogens with zero attached hydrogens (tertiary/aromatic N) is 3. The van der Waals surface area contributed by atoms with E-state index in [2.05, 4.69) is 17.0 Å². The molecule has 0 bridgehead atoms. The summed E-state index contributed by atoms with van der Waals surface area (Å²) >= 11 is 1.59. The van der Waals surface area contributed by atoms with Gasteiger partial charge in [0, 0.05) is 44.0 Å². The Hall–Kier alpha value is -1.92. The number of amides is 2. The number of piperazine rings is 1. The molecule has 0 unspecified atom stereocenters. The van der Waals surface area contributed by atoms with E-state index < -0.39 is 0 Å². The third-order valence-electron chi connectivity index (χ3n) is 6.02. The minimum atomic E-state index is 0.136. The molecule has 5 nitrogen and oxygen atoms in total. The van der Waals surface area contributed by atoms with E-state index in [1.807, 2.05) is 28.9 Å². The summed E-state index contributed by atoms with van der Waals surface area (Å²) in [5.74, 6) is 0.388. The van der Waals surface area contributed by atoms with Crippen LogP contribution >= 0.6 is 11.3 Å². The molecule has 0 aliphatic carbocycles. The molecule has 3 heterocycles. The van der Waals surface area contributed by atoms with Crippen LogP contribution in [0.25, 0.3) is 10.1 Å². The van der Waals surface area contributed by atoms with Crippen LogP contribution in [-0.2, 0) is 4.79 Å². The lowest BCUT2D eigenvalue weighted by Crippen LogP contribution is -2.51. The molecule has 2 aliphatic heterocycles. The van der Waals surface area contributed by atoms with Gasteiger partial charge in [-0.05, 0) is 36.8 Å². The average Bonchev–Trinajstić information content (AvgIpc) is 2.89. The number of carbonyl (C=O) groups is 2. The van der Waals surface area contributed by atoms with E-state index in [0.717, 1.165) is 49.5 Å². The van der Waals surface area contributed by atoms with Crippen molar-refractivity contribution in [3.05, 3.63) is 34.7 Å². The van der Waals surface area contributed by atoms with Crippen LogP contribution in [0.5, 0.6) is 0 Å². The van der Waals surface area contributed by atoms with E-state index in [1.54, 1.807) is 11.3 Å². The smallest absolute Gasteiger partial charge is 0.264 e. The van der Waals surface area contributed by atoms with Crippen LogP contribution in [0.3, 0.4) is 0 Å². The maximum Gasteiger partial charge on any atom is 0.264 e. The van der Waals surface area contributed by atoms with Crippen molar-refractivity contribution >= 4 is 33.2 Å². The molecule has 150 valence electrons. The Labute approximate surface area is 170 Å². The van der Waals surface area contributed by atoms with Crippen LogP contribution in [-0.4, -0.2) is 72.3 Å². The van der Waals surface area contributed by atoms with Crippen LogP contribution in [0, 0.1) is 6.92 Å². The maximum atomic E-state index is 13.0. The zero-order chi connectivity index (χ0) is 19.5. The van der Waals surface area contributed by atoms with Gasteiger partial charge in [-0.2, -0.15) is 0 Å². The molecule has 0 radical (unpaired) electrons. The molecule has 0 saturated carbocycles. The van der Waals surface area contributed by atoms with Crippen LogP contribution in [0.4, 0.5) is 0 Å². The summed E-state index contributed by atoms with van der Waals surface area (Å²) in [5.41, 5.74) is 1.09. The highest BCUT2D eigenvalue weighted by Gasteiger charge is 2.27. The molecule has 28 heavy (non-hydrogen) atoms. The molecule has 2 aromatic rings. The molecular weight excluding hydrogens is 370 g/mol. The number of aryl methyl sites for hydroxylation is 1. The predicted molar refractivity (Wildman–Crippen MR) is 114 cm³/mol. The third kappa shape index (κ3) is 4.08. The van der Waals surface area contributed by atoms with E-state index in [4.69, 9.17) is 0 Å². The first kappa shape index (κ1) is 19.4. The summed E-state index contributed by atoms with van der Waals surface area (Å²) in [4.78, 5) is 32.7. The van der Waals surface area contributed by atoms with Crippen molar-refractivity contribution in [2.24, 2.45) is 0 Å². The normalized spacial score (nSPS) is 19.0. The third-order valence-corrected chi connectivity index (χ3v) is 7.28. The van der Waals surface area contributed by atoms with Crippen molar-refractivity contribution in [1.82, 2.24) is 14.7 Å². The van der Waals surface area contributed by atoms with Crippen molar-refractivity contribution < 1.29 is 9.59 Å². The summed E-state index contributed by atoms with van der Waals surface area (Å²) in [6, 6.07) is 8.21. The van der Waals surface area contributed by atoms with E-state index in [-0.39, 0.29) is 11.8 Å². The molecule has 2 amide bonds. The van der Waals surface area contributed by atoms with Gasteiger partial charge in [0.2, 0.25) is 5.91 Å². The summed E-state index contributed by atoms with van der Waals surface area (Å²) in [5, 5.41) is 1.18. The Morgan fingerprint density at radius 1 is 0.893 bits per heavy atom. The van der Waals surface area contributed by atoms with Gasteiger partial charge in [-0.15, -0.1) is 11.3 Å². The van der Waals surface area contributed by atoms with Crippen molar-refractivity contribution in [1.29, 1.82) is 0 Å². The van der Waals surface area contributed by atoms with Gasteiger partial charge in [-0.1, -0.05) is 31.0 Å². The number of rotatable bonds is 3. The summed E-state index contributed by atoms with van der Waals surface area (Å²) in [6.45, 7) is 7.28. The van der Waals surface area contributed by atoms with Crippen LogP contribution in [0.1, 0.15) is 40.9 Å². The van der Waals surface area contributed by atoms with Crippen molar-refractivity contribution in [2.75, 3.05) is 45.8 Å². The van der Waals surface area contributed by atoms with E-state index in [9.17, 15) is 9.59 Å². The number of benzene rings is 1. The molecule has 0 spiro atoms. The fourth-order valence-electron chi connectivity index (χ4n) is 4.24. The minimum absolute atomic E-state index is 0.136. The molecule has 2 saturated heterocycles. The highest BCUT2D eigenvalue weighted by atomic mass is 32.1. The zero-order valence-corrected chi connectivity index (χ0v) is 17.5. The maximum absolute atomic E-state index is 13.0. The van der Waals surface area contributed by atoms with Crippen LogP contribution in [0.15, 0.2) is 24.3 Å². The average molecular weight is 400 g/mol. The van der Waals surface area contributed by atoms with Crippen molar-refractivity contribution in [3.63, 3.8) is 0 Å². The van der Waals surface area contributed by atoms with E-state index >= 15 is 0 Å². The summed E-state index contributed by atoms with van der Waals surface area (Å²) in [7, 11) is 0. The van der Waals surface area contributed by atoms with Crippen molar-refractivity contribution in [3.8, 4) is 0 Å². The van der Waals surface area contributed by atoms with Crippen LogP contribution < -0.4 is 0 Å². The number of fused-ring (bicyclic) bond motifs is 1. The van der Waals surface area contributed by atoms with Gasteiger partial charge in [0.25, 0.3) is 5.91 Å². The van der Waals surface area contributed by atoms with Crippen molar-refractivity contribution in [2.45, 2.75) is 32.6 Å². The Kier molecular flexibility index (Phi) is 5.97. The Bertz CT molecular complexity index is 847. The summed E-state index contributed by atoms with van der Waals surface area (Å²) < 4.78 is 1.17. The first-order valence-electron chi connectivity index (χ1n) is 10.4. The first-order valence-corrected chi connectivity index (χ1v) is 11.2. The molecule has 0 atom stereocenters.